The van der Waals surface area contributed by atoms with Crippen molar-refractivity contribution in [2.45, 2.75) is 38.6 Å². The summed E-state index contributed by atoms with van der Waals surface area (Å²) in [4.78, 5) is 25.3. The summed E-state index contributed by atoms with van der Waals surface area (Å²) in [6.07, 6.45) is 4.43. The van der Waals surface area contributed by atoms with Crippen molar-refractivity contribution in [3.63, 3.8) is 0 Å². The number of benzene rings is 1. The van der Waals surface area contributed by atoms with Crippen LogP contribution < -0.4 is 5.73 Å². The summed E-state index contributed by atoms with van der Waals surface area (Å²) in [5.74, 6) is -0.0542. The van der Waals surface area contributed by atoms with Crippen LogP contribution in [0, 0.1) is 5.92 Å². The van der Waals surface area contributed by atoms with Gasteiger partial charge < -0.3 is 10.6 Å². The maximum absolute atomic E-state index is 12.5. The summed E-state index contributed by atoms with van der Waals surface area (Å²) in [6.45, 7) is 0.975. The van der Waals surface area contributed by atoms with Crippen LogP contribution in [0.4, 0.5) is 0 Å². The lowest BCUT2D eigenvalue weighted by atomic mass is 10.1. The summed E-state index contributed by atoms with van der Waals surface area (Å²) >= 11 is 0. The summed E-state index contributed by atoms with van der Waals surface area (Å²) in [5.41, 5.74) is 6.30. The first-order chi connectivity index (χ1) is 9.66. The zero-order valence-electron chi connectivity index (χ0n) is 11.8. The summed E-state index contributed by atoms with van der Waals surface area (Å²) in [6, 6.07) is 9.87. The van der Waals surface area contributed by atoms with E-state index in [2.05, 4.69) is 0 Å². The van der Waals surface area contributed by atoms with E-state index in [1.54, 1.807) is 4.90 Å². The number of carbonyl (C=O) groups excluding carboxylic acids is 2. The van der Waals surface area contributed by atoms with Gasteiger partial charge in [0.1, 0.15) is 0 Å². The summed E-state index contributed by atoms with van der Waals surface area (Å²) in [5, 5.41) is 0. The average Bonchev–Trinajstić information content (AvgIpc) is 2.97. The number of hydrogen-bond donors (Lipinski definition) is 1. The van der Waals surface area contributed by atoms with E-state index in [0.29, 0.717) is 13.1 Å². The highest BCUT2D eigenvalue weighted by molar-refractivity contribution is 5.80. The second-order valence-corrected chi connectivity index (χ2v) is 5.44. The van der Waals surface area contributed by atoms with Crippen molar-refractivity contribution in [3.8, 4) is 0 Å². The minimum atomic E-state index is -0.359. The normalized spacial score (nSPS) is 15.2. The molecule has 4 heteroatoms. The molecule has 0 atom stereocenters. The fraction of sp³-hybridized carbons (Fsp3) is 0.500. The predicted molar refractivity (Wildman–Crippen MR) is 77.6 cm³/mol. The topological polar surface area (TPSA) is 63.4 Å². The maximum Gasteiger partial charge on any atom is 0.225 e. The number of carbonyl (C=O) groups is 2. The van der Waals surface area contributed by atoms with Gasteiger partial charge in [-0.05, 0) is 18.4 Å². The van der Waals surface area contributed by atoms with Gasteiger partial charge in [-0.25, -0.2) is 0 Å². The Hall–Kier alpha value is -1.84. The van der Waals surface area contributed by atoms with E-state index in [1.165, 1.54) is 0 Å². The molecule has 1 fully saturated rings. The van der Waals surface area contributed by atoms with Crippen molar-refractivity contribution in [1.82, 2.24) is 4.90 Å². The zero-order valence-corrected chi connectivity index (χ0v) is 11.8. The van der Waals surface area contributed by atoms with Gasteiger partial charge in [-0.3, -0.25) is 9.59 Å². The zero-order chi connectivity index (χ0) is 14.4. The molecule has 20 heavy (non-hydrogen) atoms. The molecule has 1 aromatic rings. The summed E-state index contributed by atoms with van der Waals surface area (Å²) < 4.78 is 0. The van der Waals surface area contributed by atoms with Crippen LogP contribution in [0.25, 0.3) is 0 Å². The quantitative estimate of drug-likeness (QED) is 0.863. The van der Waals surface area contributed by atoms with E-state index in [9.17, 15) is 9.59 Å². The molecule has 0 aromatic heterocycles. The van der Waals surface area contributed by atoms with E-state index in [4.69, 9.17) is 5.73 Å². The Morgan fingerprint density at radius 3 is 2.40 bits per heavy atom. The first kappa shape index (κ1) is 14.6. The molecule has 1 aliphatic rings. The lowest BCUT2D eigenvalue weighted by Crippen LogP contribution is -2.37. The molecule has 2 amide bonds. The smallest absolute Gasteiger partial charge is 0.225 e. The Kier molecular flexibility index (Phi) is 5.16. The lowest BCUT2D eigenvalue weighted by molar-refractivity contribution is -0.136. The van der Waals surface area contributed by atoms with Crippen LogP contribution in [-0.2, 0) is 16.1 Å². The maximum atomic E-state index is 12.5. The monoisotopic (exact) mass is 274 g/mol. The largest absolute Gasteiger partial charge is 0.370 e. The Labute approximate surface area is 119 Å². The van der Waals surface area contributed by atoms with Crippen molar-refractivity contribution in [2.75, 3.05) is 6.54 Å². The molecule has 0 bridgehead atoms. The fourth-order valence-corrected chi connectivity index (χ4v) is 2.75. The molecule has 108 valence electrons. The molecular weight excluding hydrogens is 252 g/mol. The highest BCUT2D eigenvalue weighted by Gasteiger charge is 2.27. The van der Waals surface area contributed by atoms with Crippen molar-refractivity contribution in [3.05, 3.63) is 35.9 Å². The van der Waals surface area contributed by atoms with Gasteiger partial charge >= 0.3 is 0 Å². The fourth-order valence-electron chi connectivity index (χ4n) is 2.75. The molecule has 1 aliphatic carbocycles. The van der Waals surface area contributed by atoms with Crippen LogP contribution in [0.2, 0.25) is 0 Å². The van der Waals surface area contributed by atoms with E-state index in [0.717, 1.165) is 31.2 Å². The number of nitrogens with two attached hydrogens (primary N) is 1. The molecule has 4 nitrogen and oxygen atoms in total. The molecule has 0 aliphatic heterocycles. The van der Waals surface area contributed by atoms with E-state index in [1.807, 2.05) is 30.3 Å². The number of hydrogen-bond acceptors (Lipinski definition) is 2. The minimum Gasteiger partial charge on any atom is -0.370 e. The van der Waals surface area contributed by atoms with Gasteiger partial charge in [-0.1, -0.05) is 43.2 Å². The number of nitrogens with zero attached hydrogens (tertiary/aromatic N) is 1. The molecule has 0 radical (unpaired) electrons. The minimum absolute atomic E-state index is 0.131. The Balaban J connectivity index is 2.03. The molecule has 0 heterocycles. The van der Waals surface area contributed by atoms with Crippen molar-refractivity contribution >= 4 is 11.8 Å². The highest BCUT2D eigenvalue weighted by atomic mass is 16.2. The van der Waals surface area contributed by atoms with Crippen LogP contribution in [0.3, 0.4) is 0 Å². The van der Waals surface area contributed by atoms with Gasteiger partial charge in [0, 0.05) is 25.4 Å². The average molecular weight is 274 g/mol. The SMILES string of the molecule is NC(=O)CCN(Cc1ccccc1)C(=O)C1CCCC1. The van der Waals surface area contributed by atoms with Crippen LogP contribution in [0.5, 0.6) is 0 Å². The van der Waals surface area contributed by atoms with Gasteiger partial charge in [0.25, 0.3) is 0 Å². The third-order valence-corrected chi connectivity index (χ3v) is 3.86. The lowest BCUT2D eigenvalue weighted by Gasteiger charge is -2.25. The number of amides is 2. The molecule has 0 unspecified atom stereocenters. The Morgan fingerprint density at radius 2 is 1.80 bits per heavy atom. The summed E-state index contributed by atoms with van der Waals surface area (Å²) in [7, 11) is 0. The Bertz CT molecular complexity index is 453. The van der Waals surface area contributed by atoms with Crippen LogP contribution in [0.1, 0.15) is 37.7 Å². The Morgan fingerprint density at radius 1 is 1.15 bits per heavy atom. The van der Waals surface area contributed by atoms with Crippen molar-refractivity contribution in [2.24, 2.45) is 11.7 Å². The van der Waals surface area contributed by atoms with Crippen molar-refractivity contribution in [1.29, 1.82) is 0 Å². The van der Waals surface area contributed by atoms with Crippen molar-refractivity contribution < 1.29 is 9.59 Å². The van der Waals surface area contributed by atoms with E-state index < -0.39 is 0 Å². The second-order valence-electron chi connectivity index (χ2n) is 5.44. The highest BCUT2D eigenvalue weighted by Crippen LogP contribution is 2.27. The molecule has 0 saturated heterocycles. The third kappa shape index (κ3) is 4.08. The molecule has 2 rings (SSSR count). The molecule has 2 N–H and O–H groups in total. The first-order valence-electron chi connectivity index (χ1n) is 7.28. The first-order valence-corrected chi connectivity index (χ1v) is 7.28. The van der Waals surface area contributed by atoms with Gasteiger partial charge in [-0.15, -0.1) is 0 Å². The van der Waals surface area contributed by atoms with Crippen LogP contribution in [0.15, 0.2) is 30.3 Å². The van der Waals surface area contributed by atoms with Crippen LogP contribution in [-0.4, -0.2) is 23.3 Å². The third-order valence-electron chi connectivity index (χ3n) is 3.86. The molecule has 1 aromatic carbocycles. The standard InChI is InChI=1S/C16H22N2O2/c17-15(19)10-11-18(12-13-6-2-1-3-7-13)16(20)14-8-4-5-9-14/h1-3,6-7,14H,4-5,8-12H2,(H2,17,19). The molecule has 1 saturated carbocycles. The second kappa shape index (κ2) is 7.08. The number of primary amides is 1. The molecule has 0 spiro atoms. The van der Waals surface area contributed by atoms with E-state index >= 15 is 0 Å². The van der Waals surface area contributed by atoms with E-state index in [-0.39, 0.29) is 24.2 Å². The van der Waals surface area contributed by atoms with Gasteiger partial charge in [0.2, 0.25) is 11.8 Å². The molecular formula is C16H22N2O2. The van der Waals surface area contributed by atoms with Gasteiger partial charge in [-0.2, -0.15) is 0 Å². The number of rotatable bonds is 6. The van der Waals surface area contributed by atoms with Gasteiger partial charge in [0.05, 0.1) is 0 Å². The predicted octanol–water partition coefficient (Wildman–Crippen LogP) is 2.08. The van der Waals surface area contributed by atoms with Gasteiger partial charge in [0.15, 0.2) is 0 Å². The van der Waals surface area contributed by atoms with Crippen LogP contribution >= 0.6 is 0 Å².